The molecule has 8 nitrogen and oxygen atoms in total. The number of nitrogens with zero attached hydrogens (tertiary/aromatic N) is 3. The molecule has 1 aromatic carbocycles. The zero-order chi connectivity index (χ0) is 19.5. The topological polar surface area (TPSA) is 109 Å². The van der Waals surface area contributed by atoms with Crippen molar-refractivity contribution in [2.75, 3.05) is 37.6 Å². The minimum absolute atomic E-state index is 0.0346. The number of methoxy groups -OCH3 is 1. The molecule has 27 heavy (non-hydrogen) atoms. The molecule has 2 unspecified atom stereocenters. The molecular weight excluding hydrogens is 360 g/mol. The van der Waals surface area contributed by atoms with Gasteiger partial charge in [0.05, 0.1) is 19.2 Å². The second kappa shape index (κ2) is 6.22. The maximum absolute atomic E-state index is 15.0. The molecule has 146 valence electrons. The molecule has 2 fully saturated rings. The number of halogens is 2. The van der Waals surface area contributed by atoms with E-state index in [-0.39, 0.29) is 41.5 Å². The SMILES string of the molecule is COc1c(N2CC(N)C(CF)C2)c(F)cc2c(=O)n(N)c(=O)n(C3CC3)c12. The minimum atomic E-state index is -0.796. The number of hydrogen-bond acceptors (Lipinski definition) is 6. The third kappa shape index (κ3) is 2.58. The smallest absolute Gasteiger partial charge is 0.350 e. The van der Waals surface area contributed by atoms with Gasteiger partial charge in [-0.25, -0.2) is 9.18 Å². The van der Waals surface area contributed by atoms with E-state index in [1.807, 2.05) is 0 Å². The Morgan fingerprint density at radius 2 is 2.00 bits per heavy atom. The van der Waals surface area contributed by atoms with Crippen LogP contribution in [0.15, 0.2) is 15.7 Å². The lowest BCUT2D eigenvalue weighted by atomic mass is 10.1. The van der Waals surface area contributed by atoms with Gasteiger partial charge in [-0.15, -0.1) is 0 Å². The molecule has 1 aliphatic carbocycles. The molecule has 0 amide bonds. The van der Waals surface area contributed by atoms with E-state index in [0.717, 1.165) is 18.9 Å². The number of ether oxygens (including phenoxy) is 1. The molecule has 2 atom stereocenters. The van der Waals surface area contributed by atoms with Crippen molar-refractivity contribution in [1.29, 1.82) is 0 Å². The van der Waals surface area contributed by atoms with Crippen LogP contribution in [0.5, 0.6) is 5.75 Å². The molecule has 2 aromatic rings. The molecule has 1 aromatic heterocycles. The molecule has 0 bridgehead atoms. The maximum Gasteiger partial charge on any atom is 0.350 e. The van der Waals surface area contributed by atoms with Crippen molar-refractivity contribution in [3.63, 3.8) is 0 Å². The average Bonchev–Trinajstić information content (AvgIpc) is 3.41. The van der Waals surface area contributed by atoms with E-state index in [4.69, 9.17) is 16.3 Å². The first kappa shape index (κ1) is 17.8. The maximum atomic E-state index is 15.0. The lowest BCUT2D eigenvalue weighted by molar-refractivity contribution is 0.359. The molecule has 2 aliphatic rings. The van der Waals surface area contributed by atoms with Crippen molar-refractivity contribution < 1.29 is 13.5 Å². The highest BCUT2D eigenvalue weighted by molar-refractivity contribution is 5.91. The van der Waals surface area contributed by atoms with Crippen LogP contribution in [-0.2, 0) is 0 Å². The summed E-state index contributed by atoms with van der Waals surface area (Å²) in [6, 6.07) is 0.491. The second-order valence-corrected chi connectivity index (χ2v) is 7.18. The first-order valence-corrected chi connectivity index (χ1v) is 8.78. The number of alkyl halides is 1. The Kier molecular flexibility index (Phi) is 4.10. The monoisotopic (exact) mass is 381 g/mol. The number of nitrogens with two attached hydrogens (primary N) is 2. The molecule has 1 saturated carbocycles. The molecule has 1 aliphatic heterocycles. The van der Waals surface area contributed by atoms with Crippen LogP contribution >= 0.6 is 0 Å². The first-order valence-electron chi connectivity index (χ1n) is 8.78. The summed E-state index contributed by atoms with van der Waals surface area (Å²) >= 11 is 0. The van der Waals surface area contributed by atoms with Crippen LogP contribution in [0.25, 0.3) is 10.9 Å². The normalized spacial score (nSPS) is 22.6. The van der Waals surface area contributed by atoms with Gasteiger partial charge >= 0.3 is 5.69 Å². The fourth-order valence-corrected chi connectivity index (χ4v) is 3.84. The van der Waals surface area contributed by atoms with Crippen LogP contribution in [0.1, 0.15) is 18.9 Å². The molecule has 1 saturated heterocycles. The van der Waals surface area contributed by atoms with Gasteiger partial charge in [0.2, 0.25) is 0 Å². The molecule has 0 radical (unpaired) electrons. The fourth-order valence-electron chi connectivity index (χ4n) is 3.84. The van der Waals surface area contributed by atoms with Crippen molar-refractivity contribution >= 4 is 16.6 Å². The predicted octanol–water partition coefficient (Wildman–Crippen LogP) is 0.0926. The third-order valence-corrected chi connectivity index (χ3v) is 5.41. The van der Waals surface area contributed by atoms with E-state index in [2.05, 4.69) is 0 Å². The summed E-state index contributed by atoms with van der Waals surface area (Å²) in [6.45, 7) is -0.146. The zero-order valence-electron chi connectivity index (χ0n) is 14.8. The Labute approximate surface area is 152 Å². The van der Waals surface area contributed by atoms with Crippen LogP contribution < -0.4 is 32.5 Å². The van der Waals surface area contributed by atoms with Gasteiger partial charge in [0.25, 0.3) is 5.56 Å². The van der Waals surface area contributed by atoms with Crippen LogP contribution in [0.2, 0.25) is 0 Å². The van der Waals surface area contributed by atoms with Gasteiger partial charge < -0.3 is 21.2 Å². The van der Waals surface area contributed by atoms with Crippen molar-refractivity contribution in [3.05, 3.63) is 32.7 Å². The zero-order valence-corrected chi connectivity index (χ0v) is 14.8. The minimum Gasteiger partial charge on any atom is -0.492 e. The largest absolute Gasteiger partial charge is 0.492 e. The molecular formula is C17H21F2N5O3. The van der Waals surface area contributed by atoms with Crippen LogP contribution in [0.3, 0.4) is 0 Å². The van der Waals surface area contributed by atoms with Gasteiger partial charge in [-0.3, -0.25) is 13.8 Å². The lowest BCUT2D eigenvalue weighted by Crippen LogP contribution is -2.44. The van der Waals surface area contributed by atoms with E-state index in [1.54, 1.807) is 4.90 Å². The molecule has 2 heterocycles. The Morgan fingerprint density at radius 3 is 2.56 bits per heavy atom. The second-order valence-electron chi connectivity index (χ2n) is 7.18. The van der Waals surface area contributed by atoms with Crippen molar-refractivity contribution in [1.82, 2.24) is 9.24 Å². The van der Waals surface area contributed by atoms with Gasteiger partial charge in [-0.1, -0.05) is 0 Å². The molecule has 4 N–H and O–H groups in total. The Balaban J connectivity index is 2.03. The highest BCUT2D eigenvalue weighted by Crippen LogP contribution is 2.43. The summed E-state index contributed by atoms with van der Waals surface area (Å²) in [6.07, 6.45) is 1.50. The van der Waals surface area contributed by atoms with E-state index >= 15 is 4.39 Å². The van der Waals surface area contributed by atoms with E-state index in [9.17, 15) is 14.0 Å². The summed E-state index contributed by atoms with van der Waals surface area (Å²) in [5.41, 5.74) is 4.78. The van der Waals surface area contributed by atoms with Crippen molar-refractivity contribution in [2.24, 2.45) is 11.7 Å². The summed E-state index contributed by atoms with van der Waals surface area (Å²) < 4.78 is 35.5. The summed E-state index contributed by atoms with van der Waals surface area (Å²) in [7, 11) is 1.34. The number of fused-ring (bicyclic) bond motifs is 1. The van der Waals surface area contributed by atoms with E-state index < -0.39 is 35.7 Å². The number of nitrogen functional groups attached to an aromatic ring is 1. The van der Waals surface area contributed by atoms with Gasteiger partial charge in [0.1, 0.15) is 11.2 Å². The Hall–Kier alpha value is -2.62. The number of aromatic nitrogens is 2. The van der Waals surface area contributed by atoms with Crippen LogP contribution in [0, 0.1) is 11.7 Å². The third-order valence-electron chi connectivity index (χ3n) is 5.41. The summed E-state index contributed by atoms with van der Waals surface area (Å²) in [4.78, 5) is 26.7. The molecule has 4 rings (SSSR count). The van der Waals surface area contributed by atoms with E-state index in [1.165, 1.54) is 11.7 Å². The highest BCUT2D eigenvalue weighted by atomic mass is 19.1. The van der Waals surface area contributed by atoms with Gasteiger partial charge in [0, 0.05) is 31.1 Å². The van der Waals surface area contributed by atoms with Crippen LogP contribution in [-0.4, -0.2) is 42.2 Å². The van der Waals surface area contributed by atoms with Gasteiger partial charge in [-0.2, -0.15) is 4.68 Å². The number of benzene rings is 1. The van der Waals surface area contributed by atoms with Crippen molar-refractivity contribution in [3.8, 4) is 5.75 Å². The standard InChI is InChI=1S/C17H21F2N5O3/c1-27-15-13-10(16(25)24(21)17(26)23(13)9-2-3-9)4-11(19)14(15)22-6-8(5-18)12(20)7-22/h4,8-9,12H,2-3,5-7,20-21H2,1H3. The lowest BCUT2D eigenvalue weighted by Gasteiger charge is -2.24. The quantitative estimate of drug-likeness (QED) is 0.727. The Morgan fingerprint density at radius 1 is 1.30 bits per heavy atom. The first-order chi connectivity index (χ1) is 12.9. The number of rotatable bonds is 4. The number of hydrogen-bond donors (Lipinski definition) is 2. The van der Waals surface area contributed by atoms with Gasteiger partial charge in [0.15, 0.2) is 11.6 Å². The average molecular weight is 381 g/mol. The molecule has 10 heteroatoms. The fraction of sp³-hybridized carbons (Fsp3) is 0.529. The summed E-state index contributed by atoms with van der Waals surface area (Å²) in [5.74, 6) is 4.55. The van der Waals surface area contributed by atoms with Gasteiger partial charge in [-0.05, 0) is 18.9 Å². The predicted molar refractivity (Wildman–Crippen MR) is 97.1 cm³/mol. The molecule has 0 spiro atoms. The highest BCUT2D eigenvalue weighted by Gasteiger charge is 2.36. The number of anilines is 1. The van der Waals surface area contributed by atoms with Crippen LogP contribution in [0.4, 0.5) is 14.5 Å². The Bertz CT molecular complexity index is 1030. The summed E-state index contributed by atoms with van der Waals surface area (Å²) in [5, 5.41) is -0.0346. The van der Waals surface area contributed by atoms with E-state index in [0.29, 0.717) is 4.68 Å². The van der Waals surface area contributed by atoms with Crippen molar-refractivity contribution in [2.45, 2.75) is 24.9 Å².